The van der Waals surface area contributed by atoms with E-state index in [2.05, 4.69) is 0 Å². The van der Waals surface area contributed by atoms with Crippen LogP contribution in [0.15, 0.2) is 89.8 Å². The molecule has 0 aromatic heterocycles. The van der Waals surface area contributed by atoms with Crippen molar-refractivity contribution < 1.29 is 19.2 Å². The quantitative estimate of drug-likeness (QED) is 0.142. The number of carbonyl (C=O) groups excluding carboxylic acids is 2. The highest BCUT2D eigenvalue weighted by molar-refractivity contribution is 8.18. The van der Waals surface area contributed by atoms with Crippen molar-refractivity contribution in [2.75, 3.05) is 0 Å². The van der Waals surface area contributed by atoms with Gasteiger partial charge in [-0.1, -0.05) is 54.1 Å². The highest BCUT2D eigenvalue weighted by atomic mass is 35.5. The second kappa shape index (κ2) is 10.5. The van der Waals surface area contributed by atoms with E-state index in [1.165, 1.54) is 17.0 Å². The first-order chi connectivity index (χ1) is 17.9. The first-order valence-corrected chi connectivity index (χ1v) is 12.5. The SMILES string of the molecule is O=C1S/C(=C/c2c(OCc3ccc([N+](=O)[O-])cc3)ccc3ccccc23)C(=O)N1Cc1ccc(Cl)cc1. The van der Waals surface area contributed by atoms with Crippen LogP contribution in [0.25, 0.3) is 16.8 Å². The smallest absolute Gasteiger partial charge is 0.293 e. The molecule has 1 aliphatic heterocycles. The molecular formula is C28H19ClN2O5S. The molecule has 0 spiro atoms. The Kier molecular flexibility index (Phi) is 6.94. The highest BCUT2D eigenvalue weighted by Gasteiger charge is 2.35. The monoisotopic (exact) mass is 530 g/mol. The van der Waals surface area contributed by atoms with Crippen molar-refractivity contribution in [2.45, 2.75) is 13.2 Å². The van der Waals surface area contributed by atoms with Gasteiger partial charge >= 0.3 is 0 Å². The average Bonchev–Trinajstić information content (AvgIpc) is 3.17. The predicted molar refractivity (Wildman–Crippen MR) is 144 cm³/mol. The fourth-order valence-electron chi connectivity index (χ4n) is 3.97. The normalized spacial score (nSPS) is 14.5. The number of nitrogens with zero attached hydrogens (tertiary/aromatic N) is 2. The lowest BCUT2D eigenvalue weighted by molar-refractivity contribution is -0.384. The van der Waals surface area contributed by atoms with E-state index in [0.29, 0.717) is 21.2 Å². The number of thioether (sulfide) groups is 1. The van der Waals surface area contributed by atoms with Gasteiger partial charge < -0.3 is 4.74 Å². The van der Waals surface area contributed by atoms with Gasteiger partial charge in [-0.05, 0) is 70.1 Å². The highest BCUT2D eigenvalue weighted by Crippen LogP contribution is 2.37. The maximum atomic E-state index is 13.2. The van der Waals surface area contributed by atoms with Crippen LogP contribution in [0, 0.1) is 10.1 Å². The Labute approximate surface area is 221 Å². The molecule has 4 aromatic rings. The van der Waals surface area contributed by atoms with Crippen LogP contribution >= 0.6 is 23.4 Å². The summed E-state index contributed by atoms with van der Waals surface area (Å²) in [6, 6.07) is 24.6. The number of hydrogen-bond donors (Lipinski definition) is 0. The van der Waals surface area contributed by atoms with Crippen LogP contribution in [-0.2, 0) is 17.9 Å². The number of ether oxygens (including phenoxy) is 1. The molecular weight excluding hydrogens is 512 g/mol. The van der Waals surface area contributed by atoms with E-state index in [-0.39, 0.29) is 30.0 Å². The molecule has 1 heterocycles. The summed E-state index contributed by atoms with van der Waals surface area (Å²) in [5, 5.41) is 13.0. The second-order valence-electron chi connectivity index (χ2n) is 8.31. The van der Waals surface area contributed by atoms with Gasteiger partial charge in [0.15, 0.2) is 0 Å². The van der Waals surface area contributed by atoms with Crippen LogP contribution in [0.2, 0.25) is 5.02 Å². The molecule has 0 N–H and O–H groups in total. The minimum Gasteiger partial charge on any atom is -0.488 e. The summed E-state index contributed by atoms with van der Waals surface area (Å²) in [5.74, 6) is 0.153. The van der Waals surface area contributed by atoms with Gasteiger partial charge in [0, 0.05) is 22.7 Å². The summed E-state index contributed by atoms with van der Waals surface area (Å²) in [6.07, 6.45) is 1.69. The Balaban J connectivity index is 1.44. The molecule has 9 heteroatoms. The van der Waals surface area contributed by atoms with E-state index in [0.717, 1.165) is 33.7 Å². The molecule has 0 bridgehead atoms. The molecule has 4 aromatic carbocycles. The molecule has 7 nitrogen and oxygen atoms in total. The molecule has 0 aliphatic carbocycles. The van der Waals surface area contributed by atoms with Gasteiger partial charge in [0.1, 0.15) is 12.4 Å². The Morgan fingerprint density at radius 3 is 2.35 bits per heavy atom. The summed E-state index contributed by atoms with van der Waals surface area (Å²) in [6.45, 7) is 0.327. The molecule has 0 atom stereocenters. The zero-order valence-electron chi connectivity index (χ0n) is 19.3. The predicted octanol–water partition coefficient (Wildman–Crippen LogP) is 7.22. The third-order valence-corrected chi connectivity index (χ3v) is 7.03. The first kappa shape index (κ1) is 24.5. The minimum atomic E-state index is -0.452. The zero-order chi connectivity index (χ0) is 25.9. The van der Waals surface area contributed by atoms with Crippen LogP contribution in [0.5, 0.6) is 5.75 Å². The number of benzene rings is 4. The Bertz CT molecular complexity index is 1550. The lowest BCUT2D eigenvalue weighted by Crippen LogP contribution is -2.27. The van der Waals surface area contributed by atoms with Crippen LogP contribution in [0.4, 0.5) is 10.5 Å². The van der Waals surface area contributed by atoms with Crippen molar-refractivity contribution in [3.63, 3.8) is 0 Å². The Morgan fingerprint density at radius 1 is 0.919 bits per heavy atom. The largest absolute Gasteiger partial charge is 0.488 e. The number of hydrogen-bond acceptors (Lipinski definition) is 6. The van der Waals surface area contributed by atoms with Crippen molar-refractivity contribution >= 4 is 57.0 Å². The van der Waals surface area contributed by atoms with Crippen molar-refractivity contribution in [1.82, 2.24) is 4.90 Å². The number of non-ortho nitro benzene ring substituents is 1. The molecule has 37 heavy (non-hydrogen) atoms. The van der Waals surface area contributed by atoms with Gasteiger partial charge in [-0.3, -0.25) is 24.6 Å². The lowest BCUT2D eigenvalue weighted by atomic mass is 10.0. The number of carbonyl (C=O) groups is 2. The number of halogens is 1. The maximum absolute atomic E-state index is 13.2. The Morgan fingerprint density at radius 2 is 1.62 bits per heavy atom. The molecule has 0 unspecified atom stereocenters. The summed E-state index contributed by atoms with van der Waals surface area (Å²) in [5.41, 5.74) is 2.24. The van der Waals surface area contributed by atoms with Crippen LogP contribution < -0.4 is 4.74 Å². The first-order valence-electron chi connectivity index (χ1n) is 11.3. The molecule has 5 rings (SSSR count). The van der Waals surface area contributed by atoms with Gasteiger partial charge in [0.2, 0.25) is 0 Å². The Hall–Kier alpha value is -4.14. The zero-order valence-corrected chi connectivity index (χ0v) is 20.9. The summed E-state index contributed by atoms with van der Waals surface area (Å²) in [4.78, 5) is 37.9. The number of nitro groups is 1. The topological polar surface area (TPSA) is 89.7 Å². The van der Waals surface area contributed by atoms with Gasteiger partial charge in [0.05, 0.1) is 16.4 Å². The summed E-state index contributed by atoms with van der Waals surface area (Å²) < 4.78 is 6.09. The van der Waals surface area contributed by atoms with Gasteiger partial charge in [-0.25, -0.2) is 0 Å². The lowest BCUT2D eigenvalue weighted by Gasteiger charge is -2.13. The van der Waals surface area contributed by atoms with E-state index < -0.39 is 4.92 Å². The standard InChI is InChI=1S/C28H19ClN2O5S/c29-21-10-5-18(6-11-21)16-30-27(32)26(37-28(30)33)15-24-23-4-2-1-3-20(23)9-14-25(24)36-17-19-7-12-22(13-8-19)31(34)35/h1-15H,16-17H2/b26-15+. The maximum Gasteiger partial charge on any atom is 0.293 e. The summed E-state index contributed by atoms with van der Waals surface area (Å²) in [7, 11) is 0. The van der Waals surface area contributed by atoms with Crippen LogP contribution in [-0.4, -0.2) is 21.0 Å². The average molecular weight is 531 g/mol. The molecule has 1 fully saturated rings. The molecule has 0 saturated carbocycles. The molecule has 2 amide bonds. The van der Waals surface area contributed by atoms with Crippen LogP contribution in [0.3, 0.4) is 0 Å². The van der Waals surface area contributed by atoms with E-state index in [1.54, 1.807) is 42.5 Å². The molecule has 184 valence electrons. The number of nitro benzene ring substituents is 1. The van der Waals surface area contributed by atoms with Gasteiger partial charge in [-0.2, -0.15) is 0 Å². The fraction of sp³-hybridized carbons (Fsp3) is 0.0714. The molecule has 1 aliphatic rings. The minimum absolute atomic E-state index is 0.00414. The van der Waals surface area contributed by atoms with Crippen molar-refractivity contribution in [3.8, 4) is 5.75 Å². The van der Waals surface area contributed by atoms with Crippen LogP contribution in [0.1, 0.15) is 16.7 Å². The van der Waals surface area contributed by atoms with Gasteiger partial charge in [-0.15, -0.1) is 0 Å². The molecule has 1 saturated heterocycles. The molecule has 0 radical (unpaired) electrons. The van der Waals surface area contributed by atoms with E-state index >= 15 is 0 Å². The van der Waals surface area contributed by atoms with E-state index in [9.17, 15) is 19.7 Å². The van der Waals surface area contributed by atoms with Crippen molar-refractivity contribution in [2.24, 2.45) is 0 Å². The number of fused-ring (bicyclic) bond motifs is 1. The summed E-state index contributed by atoms with van der Waals surface area (Å²) >= 11 is 6.83. The number of rotatable bonds is 7. The third-order valence-electron chi connectivity index (χ3n) is 5.88. The van der Waals surface area contributed by atoms with Crippen molar-refractivity contribution in [1.29, 1.82) is 0 Å². The fourth-order valence-corrected chi connectivity index (χ4v) is 4.91. The number of imide groups is 1. The van der Waals surface area contributed by atoms with Crippen molar-refractivity contribution in [3.05, 3.63) is 122 Å². The number of amides is 2. The third kappa shape index (κ3) is 5.35. The van der Waals surface area contributed by atoms with E-state index in [4.69, 9.17) is 16.3 Å². The van der Waals surface area contributed by atoms with Gasteiger partial charge in [0.25, 0.3) is 16.8 Å². The second-order valence-corrected chi connectivity index (χ2v) is 9.73. The van der Waals surface area contributed by atoms with E-state index in [1.807, 2.05) is 36.4 Å².